The van der Waals surface area contributed by atoms with E-state index in [0.29, 0.717) is 18.7 Å². The Kier molecular flexibility index (Phi) is 3.84. The summed E-state index contributed by atoms with van der Waals surface area (Å²) in [7, 11) is 0. The van der Waals surface area contributed by atoms with E-state index in [1.165, 1.54) is 6.33 Å². The molecule has 0 fully saturated rings. The average molecular weight is 194 g/mol. The summed E-state index contributed by atoms with van der Waals surface area (Å²) in [5, 5.41) is 9.21. The van der Waals surface area contributed by atoms with Gasteiger partial charge in [0.15, 0.2) is 0 Å². The lowest BCUT2D eigenvalue weighted by Crippen LogP contribution is -2.26. The number of amides is 1. The number of aromatic amines is 1. The minimum atomic E-state index is -0.130. The minimum Gasteiger partial charge on any atom is -0.346 e. The van der Waals surface area contributed by atoms with E-state index in [1.54, 1.807) is 6.08 Å². The summed E-state index contributed by atoms with van der Waals surface area (Å²) in [5.41, 5.74) is 0. The Morgan fingerprint density at radius 3 is 3.21 bits per heavy atom. The highest BCUT2D eigenvalue weighted by Gasteiger charge is 2.10. The van der Waals surface area contributed by atoms with E-state index >= 15 is 0 Å². The molecule has 1 rings (SSSR count). The highest BCUT2D eigenvalue weighted by atomic mass is 16.1. The number of carbonyl (C=O) groups excluding carboxylic acids is 1. The minimum absolute atomic E-state index is 0.00574. The third kappa shape index (κ3) is 3.01. The maximum absolute atomic E-state index is 11.3. The van der Waals surface area contributed by atoms with Gasteiger partial charge in [-0.2, -0.15) is 5.10 Å². The first-order valence-electron chi connectivity index (χ1n) is 4.49. The van der Waals surface area contributed by atoms with Crippen LogP contribution in [0.4, 0.5) is 0 Å². The van der Waals surface area contributed by atoms with Gasteiger partial charge in [-0.05, 0) is 13.3 Å². The zero-order valence-corrected chi connectivity index (χ0v) is 8.16. The van der Waals surface area contributed by atoms with Crippen LogP contribution in [-0.4, -0.2) is 21.1 Å². The van der Waals surface area contributed by atoms with Gasteiger partial charge in [-0.3, -0.25) is 9.89 Å². The monoisotopic (exact) mass is 194 g/mol. The topological polar surface area (TPSA) is 70.7 Å². The van der Waals surface area contributed by atoms with Crippen molar-refractivity contribution in [2.24, 2.45) is 0 Å². The molecule has 1 aromatic heterocycles. The first kappa shape index (κ1) is 10.4. The molecule has 0 radical (unpaired) electrons. The van der Waals surface area contributed by atoms with Crippen LogP contribution >= 0.6 is 0 Å². The highest BCUT2D eigenvalue weighted by molar-refractivity contribution is 5.76. The standard InChI is InChI=1S/C9H14N4O/c1-3-4-5-8(14)12-7(2)9-10-6-11-13-9/h3,6-7H,1,4-5H2,2H3,(H,12,14)(H,10,11,13). The number of H-pyrrole nitrogens is 1. The van der Waals surface area contributed by atoms with Crippen molar-refractivity contribution in [2.45, 2.75) is 25.8 Å². The molecule has 1 heterocycles. The average Bonchev–Trinajstić information content (AvgIpc) is 2.67. The third-order valence-corrected chi connectivity index (χ3v) is 1.80. The predicted molar refractivity (Wildman–Crippen MR) is 52.4 cm³/mol. The summed E-state index contributed by atoms with van der Waals surface area (Å²) in [6, 6.07) is -0.130. The fraction of sp³-hybridized carbons (Fsp3) is 0.444. The number of allylic oxidation sites excluding steroid dienone is 1. The van der Waals surface area contributed by atoms with Crippen molar-refractivity contribution >= 4 is 5.91 Å². The van der Waals surface area contributed by atoms with Crippen molar-refractivity contribution in [1.82, 2.24) is 20.5 Å². The fourth-order valence-corrected chi connectivity index (χ4v) is 1.04. The molecule has 0 aliphatic rings. The van der Waals surface area contributed by atoms with Gasteiger partial charge in [0.1, 0.15) is 12.2 Å². The van der Waals surface area contributed by atoms with E-state index < -0.39 is 0 Å². The van der Waals surface area contributed by atoms with Gasteiger partial charge in [0.25, 0.3) is 0 Å². The second kappa shape index (κ2) is 5.16. The van der Waals surface area contributed by atoms with Crippen LogP contribution in [0.25, 0.3) is 0 Å². The van der Waals surface area contributed by atoms with Crippen LogP contribution in [0.1, 0.15) is 31.6 Å². The molecular formula is C9H14N4O. The molecule has 0 saturated heterocycles. The van der Waals surface area contributed by atoms with E-state index in [9.17, 15) is 4.79 Å². The molecule has 0 aromatic carbocycles. The Balaban J connectivity index is 2.37. The largest absolute Gasteiger partial charge is 0.346 e. The lowest BCUT2D eigenvalue weighted by molar-refractivity contribution is -0.121. The van der Waals surface area contributed by atoms with Crippen LogP contribution in [-0.2, 0) is 4.79 Å². The molecule has 0 aliphatic carbocycles. The number of aromatic nitrogens is 3. The lowest BCUT2D eigenvalue weighted by Gasteiger charge is -2.09. The summed E-state index contributed by atoms with van der Waals surface area (Å²) in [4.78, 5) is 15.2. The molecule has 0 bridgehead atoms. The number of carbonyl (C=O) groups is 1. The molecule has 1 atom stereocenters. The Morgan fingerprint density at radius 2 is 2.64 bits per heavy atom. The second-order valence-electron chi connectivity index (χ2n) is 2.99. The summed E-state index contributed by atoms with van der Waals surface area (Å²) in [6.45, 7) is 5.41. The van der Waals surface area contributed by atoms with E-state index in [2.05, 4.69) is 27.1 Å². The van der Waals surface area contributed by atoms with Crippen molar-refractivity contribution < 1.29 is 4.79 Å². The SMILES string of the molecule is C=CCCC(=O)NC(C)c1ncn[nH]1. The van der Waals surface area contributed by atoms with Gasteiger partial charge in [-0.1, -0.05) is 6.08 Å². The molecule has 5 nitrogen and oxygen atoms in total. The molecule has 1 aromatic rings. The van der Waals surface area contributed by atoms with Crippen LogP contribution in [0.15, 0.2) is 19.0 Å². The second-order valence-corrected chi connectivity index (χ2v) is 2.99. The van der Waals surface area contributed by atoms with Crippen molar-refractivity contribution in [2.75, 3.05) is 0 Å². The van der Waals surface area contributed by atoms with Crippen molar-refractivity contribution in [3.05, 3.63) is 24.8 Å². The Morgan fingerprint density at radius 1 is 1.86 bits per heavy atom. The van der Waals surface area contributed by atoms with E-state index in [4.69, 9.17) is 0 Å². The normalized spacial score (nSPS) is 12.1. The molecule has 0 aliphatic heterocycles. The Labute approximate surface area is 82.6 Å². The van der Waals surface area contributed by atoms with E-state index in [-0.39, 0.29) is 11.9 Å². The summed E-state index contributed by atoms with van der Waals surface area (Å²) in [5.74, 6) is 0.658. The summed E-state index contributed by atoms with van der Waals surface area (Å²) >= 11 is 0. The first-order valence-corrected chi connectivity index (χ1v) is 4.49. The van der Waals surface area contributed by atoms with Crippen LogP contribution < -0.4 is 5.32 Å². The summed E-state index contributed by atoms with van der Waals surface area (Å²) < 4.78 is 0. The molecule has 76 valence electrons. The number of hydrogen-bond donors (Lipinski definition) is 2. The van der Waals surface area contributed by atoms with Crippen LogP contribution in [0, 0.1) is 0 Å². The zero-order valence-electron chi connectivity index (χ0n) is 8.16. The van der Waals surface area contributed by atoms with Gasteiger partial charge in [0.2, 0.25) is 5.91 Å². The first-order chi connectivity index (χ1) is 6.74. The van der Waals surface area contributed by atoms with Gasteiger partial charge in [0, 0.05) is 6.42 Å². The van der Waals surface area contributed by atoms with Gasteiger partial charge >= 0.3 is 0 Å². The highest BCUT2D eigenvalue weighted by Crippen LogP contribution is 2.04. The maximum Gasteiger partial charge on any atom is 0.220 e. The van der Waals surface area contributed by atoms with Crippen LogP contribution in [0.3, 0.4) is 0 Å². The smallest absolute Gasteiger partial charge is 0.220 e. The molecule has 0 spiro atoms. The van der Waals surface area contributed by atoms with Gasteiger partial charge in [-0.25, -0.2) is 4.98 Å². The quantitative estimate of drug-likeness (QED) is 0.685. The van der Waals surface area contributed by atoms with E-state index in [0.717, 1.165) is 0 Å². The number of nitrogens with one attached hydrogen (secondary N) is 2. The van der Waals surface area contributed by atoms with Crippen molar-refractivity contribution in [3.63, 3.8) is 0 Å². The predicted octanol–water partition coefficient (Wildman–Crippen LogP) is 0.948. The molecule has 2 N–H and O–H groups in total. The summed E-state index contributed by atoms with van der Waals surface area (Å²) in [6.07, 6.45) is 4.29. The Bertz CT molecular complexity index is 294. The van der Waals surface area contributed by atoms with Gasteiger partial charge in [-0.15, -0.1) is 6.58 Å². The van der Waals surface area contributed by atoms with E-state index in [1.807, 2.05) is 6.92 Å². The van der Waals surface area contributed by atoms with Crippen molar-refractivity contribution in [1.29, 1.82) is 0 Å². The van der Waals surface area contributed by atoms with Crippen LogP contribution in [0.2, 0.25) is 0 Å². The third-order valence-electron chi connectivity index (χ3n) is 1.80. The number of rotatable bonds is 5. The molecule has 5 heteroatoms. The molecule has 1 unspecified atom stereocenters. The van der Waals surface area contributed by atoms with Crippen LogP contribution in [0.5, 0.6) is 0 Å². The van der Waals surface area contributed by atoms with Gasteiger partial charge in [0.05, 0.1) is 6.04 Å². The zero-order chi connectivity index (χ0) is 10.4. The molecule has 0 saturated carbocycles. The van der Waals surface area contributed by atoms with Crippen molar-refractivity contribution in [3.8, 4) is 0 Å². The lowest BCUT2D eigenvalue weighted by atomic mass is 10.2. The Hall–Kier alpha value is -1.65. The molecular weight excluding hydrogens is 180 g/mol. The molecule has 1 amide bonds. The fourth-order valence-electron chi connectivity index (χ4n) is 1.04. The van der Waals surface area contributed by atoms with Gasteiger partial charge < -0.3 is 5.32 Å². The molecule has 14 heavy (non-hydrogen) atoms. The maximum atomic E-state index is 11.3. The number of hydrogen-bond acceptors (Lipinski definition) is 3. The number of nitrogens with zero attached hydrogens (tertiary/aromatic N) is 2.